The van der Waals surface area contributed by atoms with Crippen molar-refractivity contribution in [3.05, 3.63) is 41.7 Å². The van der Waals surface area contributed by atoms with Gasteiger partial charge in [0.1, 0.15) is 23.8 Å². The van der Waals surface area contributed by atoms with Gasteiger partial charge in [-0.1, -0.05) is 6.07 Å². The highest BCUT2D eigenvalue weighted by atomic mass is 32.2. The number of ether oxygens (including phenoxy) is 3. The number of carbonyl (C=O) groups is 1. The molecule has 1 aromatic carbocycles. The summed E-state index contributed by atoms with van der Waals surface area (Å²) in [6.45, 7) is 4.21. The summed E-state index contributed by atoms with van der Waals surface area (Å²) in [5, 5.41) is 2.92. The lowest BCUT2D eigenvalue weighted by Gasteiger charge is -2.25. The Balaban J connectivity index is 1.50. The van der Waals surface area contributed by atoms with Crippen LogP contribution in [0.4, 0.5) is 0 Å². The van der Waals surface area contributed by atoms with Crippen LogP contribution in [0.5, 0.6) is 11.5 Å². The number of nitrogens with one attached hydrogen (secondary N) is 1. The van der Waals surface area contributed by atoms with E-state index in [1.807, 2.05) is 25.1 Å². The number of hydrogen-bond donors (Lipinski definition) is 1. The van der Waals surface area contributed by atoms with Gasteiger partial charge in [-0.3, -0.25) is 4.79 Å². The Morgan fingerprint density at radius 1 is 1.07 bits per heavy atom. The number of fused-ring (bicyclic) bond motifs is 1. The first-order valence-electron chi connectivity index (χ1n) is 9.81. The molecule has 1 amide bonds. The molecule has 2 aliphatic heterocycles. The normalized spacial score (nSPS) is 18.1. The highest BCUT2D eigenvalue weighted by Crippen LogP contribution is 2.32. The third-order valence-corrected chi connectivity index (χ3v) is 7.10. The summed E-state index contributed by atoms with van der Waals surface area (Å²) in [5.41, 5.74) is 1.13. The van der Waals surface area contributed by atoms with Gasteiger partial charge >= 0.3 is 0 Å². The van der Waals surface area contributed by atoms with E-state index < -0.39 is 10.0 Å². The molecular weight excluding hydrogens is 410 g/mol. The molecule has 162 valence electrons. The molecule has 10 heteroatoms. The Morgan fingerprint density at radius 3 is 2.50 bits per heavy atom. The number of aromatic nitrogens is 1. The molecule has 0 aliphatic carbocycles. The fourth-order valence-electron chi connectivity index (χ4n) is 3.52. The molecular formula is C20H25N3O6S. The van der Waals surface area contributed by atoms with Crippen LogP contribution in [-0.2, 0) is 21.8 Å². The van der Waals surface area contributed by atoms with Crippen molar-refractivity contribution < 1.29 is 27.4 Å². The molecule has 1 saturated heterocycles. The molecule has 3 heterocycles. The van der Waals surface area contributed by atoms with Gasteiger partial charge in [-0.25, -0.2) is 8.42 Å². The number of benzene rings is 1. The van der Waals surface area contributed by atoms with E-state index in [4.69, 9.17) is 14.2 Å². The zero-order valence-corrected chi connectivity index (χ0v) is 17.8. The monoisotopic (exact) mass is 435 g/mol. The van der Waals surface area contributed by atoms with Crippen molar-refractivity contribution in [3.63, 3.8) is 0 Å². The van der Waals surface area contributed by atoms with Gasteiger partial charge in [0, 0.05) is 26.3 Å². The zero-order valence-electron chi connectivity index (χ0n) is 17.0. The van der Waals surface area contributed by atoms with E-state index >= 15 is 0 Å². The second-order valence-electron chi connectivity index (χ2n) is 7.29. The molecule has 9 nitrogen and oxygen atoms in total. The number of morpholine rings is 1. The maximum absolute atomic E-state index is 12.9. The molecule has 1 N–H and O–H groups in total. The quantitative estimate of drug-likeness (QED) is 0.760. The molecule has 30 heavy (non-hydrogen) atoms. The summed E-state index contributed by atoms with van der Waals surface area (Å²) in [7, 11) is -2.01. The Morgan fingerprint density at radius 2 is 1.77 bits per heavy atom. The first-order chi connectivity index (χ1) is 14.4. The number of amides is 1. The first-order valence-corrected chi connectivity index (χ1v) is 11.2. The Hall–Kier alpha value is -2.56. The number of rotatable bonds is 5. The second kappa shape index (κ2) is 8.29. The molecule has 2 aromatic rings. The van der Waals surface area contributed by atoms with E-state index in [1.54, 1.807) is 7.05 Å². The molecule has 2 aliphatic rings. The minimum Gasteiger partial charge on any atom is -0.486 e. The number of sulfonamides is 1. The zero-order chi connectivity index (χ0) is 21.3. The standard InChI is InChI=1S/C20H25N3O6S/c1-14(15-3-4-18-19(11-15)29-10-9-28-18)21-20(24)17-12-16(13-22(17)2)30(25,26)23-5-7-27-8-6-23/h3-4,11-14H,5-10H2,1-2H3,(H,21,24). The largest absolute Gasteiger partial charge is 0.486 e. The van der Waals surface area contributed by atoms with Crippen molar-refractivity contribution in [2.75, 3.05) is 39.5 Å². The molecule has 1 atom stereocenters. The van der Waals surface area contributed by atoms with Crippen molar-refractivity contribution in [3.8, 4) is 11.5 Å². The Bertz CT molecular complexity index is 1040. The first kappa shape index (κ1) is 20.7. The summed E-state index contributed by atoms with van der Waals surface area (Å²) in [4.78, 5) is 12.9. The third-order valence-electron chi connectivity index (χ3n) is 5.23. The summed E-state index contributed by atoms with van der Waals surface area (Å²) in [5.74, 6) is 0.977. The SMILES string of the molecule is CC(NC(=O)c1cc(S(=O)(=O)N2CCOCC2)cn1C)c1ccc2c(c1)OCCO2. The average molecular weight is 436 g/mol. The minimum atomic E-state index is -3.67. The maximum Gasteiger partial charge on any atom is 0.268 e. The number of nitrogens with zero attached hydrogens (tertiary/aromatic N) is 2. The molecule has 0 spiro atoms. The maximum atomic E-state index is 12.9. The van der Waals surface area contributed by atoms with Gasteiger partial charge in [0.15, 0.2) is 11.5 Å². The average Bonchev–Trinajstić information content (AvgIpc) is 3.16. The van der Waals surface area contributed by atoms with Crippen LogP contribution >= 0.6 is 0 Å². The van der Waals surface area contributed by atoms with Crippen molar-refractivity contribution in [2.24, 2.45) is 7.05 Å². The minimum absolute atomic E-state index is 0.101. The smallest absolute Gasteiger partial charge is 0.268 e. The lowest BCUT2D eigenvalue weighted by atomic mass is 10.1. The molecule has 0 radical (unpaired) electrons. The van der Waals surface area contributed by atoms with Gasteiger partial charge in [0.2, 0.25) is 10.0 Å². The molecule has 4 rings (SSSR count). The van der Waals surface area contributed by atoms with Crippen LogP contribution in [0, 0.1) is 0 Å². The van der Waals surface area contributed by atoms with Gasteiger partial charge in [0.05, 0.1) is 19.3 Å². The number of carbonyl (C=O) groups excluding carboxylic acids is 1. The summed E-state index contributed by atoms with van der Waals surface area (Å²) < 4.78 is 45.0. The fraction of sp³-hybridized carbons (Fsp3) is 0.450. The lowest BCUT2D eigenvalue weighted by molar-refractivity contribution is 0.0730. The highest BCUT2D eigenvalue weighted by molar-refractivity contribution is 7.89. The molecule has 1 fully saturated rings. The van der Waals surface area contributed by atoms with Crippen molar-refractivity contribution in [1.82, 2.24) is 14.2 Å². The predicted octanol–water partition coefficient (Wildman–Crippen LogP) is 1.31. The van der Waals surface area contributed by atoms with Crippen LogP contribution in [0.1, 0.15) is 29.0 Å². The highest BCUT2D eigenvalue weighted by Gasteiger charge is 2.29. The van der Waals surface area contributed by atoms with Crippen LogP contribution < -0.4 is 14.8 Å². The van der Waals surface area contributed by atoms with Crippen LogP contribution in [0.2, 0.25) is 0 Å². The van der Waals surface area contributed by atoms with E-state index in [1.165, 1.54) is 21.1 Å². The summed E-state index contributed by atoms with van der Waals surface area (Å²) in [6, 6.07) is 6.65. The predicted molar refractivity (Wildman–Crippen MR) is 108 cm³/mol. The molecule has 0 bridgehead atoms. The van der Waals surface area contributed by atoms with E-state index in [0.717, 1.165) is 5.56 Å². The van der Waals surface area contributed by atoms with E-state index in [9.17, 15) is 13.2 Å². The van der Waals surface area contributed by atoms with Crippen LogP contribution in [0.15, 0.2) is 35.4 Å². The van der Waals surface area contributed by atoms with Gasteiger partial charge in [-0.05, 0) is 30.7 Å². The van der Waals surface area contributed by atoms with Gasteiger partial charge < -0.3 is 24.1 Å². The lowest BCUT2D eigenvalue weighted by Crippen LogP contribution is -2.40. The van der Waals surface area contributed by atoms with E-state index in [2.05, 4.69) is 5.32 Å². The topological polar surface area (TPSA) is 99.1 Å². The third kappa shape index (κ3) is 4.03. The van der Waals surface area contributed by atoms with Gasteiger partial charge in [-0.15, -0.1) is 0 Å². The summed E-state index contributed by atoms with van der Waals surface area (Å²) in [6.07, 6.45) is 1.47. The Labute approximate surface area is 175 Å². The summed E-state index contributed by atoms with van der Waals surface area (Å²) >= 11 is 0. The van der Waals surface area contributed by atoms with E-state index in [-0.39, 0.29) is 22.5 Å². The Kier molecular flexibility index (Phi) is 5.72. The van der Waals surface area contributed by atoms with Crippen molar-refractivity contribution in [2.45, 2.75) is 17.9 Å². The van der Waals surface area contributed by atoms with Crippen LogP contribution in [0.25, 0.3) is 0 Å². The number of hydrogen-bond acceptors (Lipinski definition) is 6. The molecule has 1 unspecified atom stereocenters. The second-order valence-corrected chi connectivity index (χ2v) is 9.22. The van der Waals surface area contributed by atoms with Crippen LogP contribution in [0.3, 0.4) is 0 Å². The van der Waals surface area contributed by atoms with Crippen molar-refractivity contribution in [1.29, 1.82) is 0 Å². The van der Waals surface area contributed by atoms with Gasteiger partial charge in [-0.2, -0.15) is 4.31 Å². The molecule has 0 saturated carbocycles. The number of aryl methyl sites for hydroxylation is 1. The van der Waals surface area contributed by atoms with Crippen LogP contribution in [-0.4, -0.2) is 62.7 Å². The van der Waals surface area contributed by atoms with Crippen molar-refractivity contribution >= 4 is 15.9 Å². The van der Waals surface area contributed by atoms with Gasteiger partial charge in [0.25, 0.3) is 5.91 Å². The molecule has 1 aromatic heterocycles. The van der Waals surface area contributed by atoms with E-state index in [0.29, 0.717) is 51.0 Å². The fourth-order valence-corrected chi connectivity index (χ4v) is 5.00.